The predicted molar refractivity (Wildman–Crippen MR) is 34.0 cm³/mol. The molecule has 1 atom stereocenters. The molecule has 0 bridgehead atoms. The van der Waals surface area contributed by atoms with Gasteiger partial charge in [0.2, 0.25) is 0 Å². The van der Waals surface area contributed by atoms with Crippen LogP contribution in [0.25, 0.3) is 0 Å². The molecule has 7 heavy (non-hydrogen) atoms. The summed E-state index contributed by atoms with van der Waals surface area (Å²) in [5, 5.41) is 0.352. The highest BCUT2D eigenvalue weighted by Crippen LogP contribution is 2.01. The lowest BCUT2D eigenvalue weighted by Crippen LogP contribution is -1.97. The van der Waals surface area contributed by atoms with Crippen molar-refractivity contribution in [1.29, 1.82) is 0 Å². The first-order valence-corrected chi connectivity index (χ1v) is 2.86. The molecule has 0 aromatic carbocycles. The van der Waals surface area contributed by atoms with Gasteiger partial charge in [-0.25, -0.2) is 0 Å². The van der Waals surface area contributed by atoms with Crippen LogP contribution in [0.1, 0.15) is 6.42 Å². The van der Waals surface area contributed by atoms with Crippen molar-refractivity contribution in [2.24, 2.45) is 0 Å². The molecule has 0 spiro atoms. The van der Waals surface area contributed by atoms with Crippen LogP contribution in [-0.2, 0) is 12.6 Å². The van der Waals surface area contributed by atoms with Crippen LogP contribution in [0, 0.1) is 0 Å². The Bertz CT molecular complexity index is 103. The highest BCUT2D eigenvalue weighted by Gasteiger charge is 1.84. The lowest BCUT2D eigenvalue weighted by atomic mass is 10.2. The van der Waals surface area contributed by atoms with E-state index in [1.165, 1.54) is 0 Å². The van der Waals surface area contributed by atoms with Crippen molar-refractivity contribution in [3.63, 3.8) is 0 Å². The number of allylic oxidation sites excluding steroid dienone is 3. The van der Waals surface area contributed by atoms with Gasteiger partial charge in [-0.05, 0) is 0 Å². The Morgan fingerprint density at radius 1 is 1.43 bits per heavy atom. The van der Waals surface area contributed by atoms with Gasteiger partial charge in [-0.1, -0.05) is 24.6 Å². The topological polar surface area (TPSA) is 0 Å². The van der Waals surface area contributed by atoms with E-state index in [0.717, 1.165) is 6.42 Å². The summed E-state index contributed by atoms with van der Waals surface area (Å²) in [6.45, 7) is 0. The second kappa shape index (κ2) is 2.22. The molecule has 1 rings (SSSR count). The zero-order valence-electron chi connectivity index (χ0n) is 4.00. The molecule has 1 aliphatic rings. The van der Waals surface area contributed by atoms with Gasteiger partial charge in [0, 0.05) is 0 Å². The van der Waals surface area contributed by atoms with E-state index in [2.05, 4.69) is 6.08 Å². The number of hydrogen-bond donors (Lipinski definition) is 0. The maximum atomic E-state index is 4.95. The van der Waals surface area contributed by atoms with Crippen LogP contribution in [-0.4, -0.2) is 5.25 Å². The molecule has 1 heteroatoms. The summed E-state index contributed by atoms with van der Waals surface area (Å²) in [6.07, 6.45) is 9.20. The quantitative estimate of drug-likeness (QED) is 0.426. The summed E-state index contributed by atoms with van der Waals surface area (Å²) in [6, 6.07) is 0. The van der Waals surface area contributed by atoms with Crippen LogP contribution in [0.15, 0.2) is 24.3 Å². The Morgan fingerprint density at radius 3 is 2.57 bits per heavy atom. The molecule has 0 saturated carbocycles. The second-order valence-electron chi connectivity index (χ2n) is 1.59. The zero-order chi connectivity index (χ0) is 5.11. The van der Waals surface area contributed by atoms with Gasteiger partial charge in [0.25, 0.3) is 0 Å². The average molecular weight is 111 g/mol. The molecule has 0 aliphatic heterocycles. The van der Waals surface area contributed by atoms with Gasteiger partial charge in [0.05, 0.1) is 0 Å². The molecule has 0 radical (unpaired) electrons. The SMILES string of the molecule is [S-]C1C=CC=CC1. The number of rotatable bonds is 0. The largest absolute Gasteiger partial charge is 0.785 e. The normalized spacial score (nSPS) is 28.4. The van der Waals surface area contributed by atoms with Gasteiger partial charge in [0.15, 0.2) is 0 Å². The molecule has 0 aromatic rings. The molecule has 0 saturated heterocycles. The summed E-state index contributed by atoms with van der Waals surface area (Å²) in [5.74, 6) is 0. The van der Waals surface area contributed by atoms with E-state index < -0.39 is 0 Å². The van der Waals surface area contributed by atoms with E-state index in [1.54, 1.807) is 0 Å². The van der Waals surface area contributed by atoms with E-state index >= 15 is 0 Å². The molecule has 0 amide bonds. The minimum absolute atomic E-state index is 0.352. The van der Waals surface area contributed by atoms with Crippen LogP contribution in [0.2, 0.25) is 0 Å². The predicted octanol–water partition coefficient (Wildman–Crippen LogP) is 1.42. The first-order valence-electron chi connectivity index (χ1n) is 2.39. The van der Waals surface area contributed by atoms with Crippen molar-refractivity contribution < 1.29 is 0 Å². The van der Waals surface area contributed by atoms with E-state index in [-0.39, 0.29) is 0 Å². The first kappa shape index (κ1) is 4.98. The molecule has 0 aromatic heterocycles. The molecule has 1 aliphatic carbocycles. The summed E-state index contributed by atoms with van der Waals surface area (Å²) in [5.41, 5.74) is 0. The van der Waals surface area contributed by atoms with E-state index in [4.69, 9.17) is 12.6 Å². The van der Waals surface area contributed by atoms with Gasteiger partial charge < -0.3 is 12.6 Å². The highest BCUT2D eigenvalue weighted by molar-refractivity contribution is 7.59. The fraction of sp³-hybridized carbons (Fsp3) is 0.333. The maximum absolute atomic E-state index is 4.95. The fourth-order valence-corrected chi connectivity index (χ4v) is 0.760. The summed E-state index contributed by atoms with van der Waals surface area (Å²) in [7, 11) is 0. The lowest BCUT2D eigenvalue weighted by molar-refractivity contribution is 1.06. The molecule has 0 N–H and O–H groups in total. The summed E-state index contributed by atoms with van der Waals surface area (Å²) >= 11 is 4.95. The van der Waals surface area contributed by atoms with Crippen LogP contribution < -0.4 is 0 Å². The van der Waals surface area contributed by atoms with Gasteiger partial charge in [0.1, 0.15) is 0 Å². The van der Waals surface area contributed by atoms with Crippen molar-refractivity contribution in [2.75, 3.05) is 0 Å². The van der Waals surface area contributed by atoms with E-state index in [0.29, 0.717) is 5.25 Å². The van der Waals surface area contributed by atoms with Gasteiger partial charge in [-0.3, -0.25) is 0 Å². The molecule has 0 heterocycles. The Labute approximate surface area is 49.3 Å². The third kappa shape index (κ3) is 1.39. The van der Waals surface area contributed by atoms with Crippen molar-refractivity contribution in [1.82, 2.24) is 0 Å². The average Bonchev–Trinajstić information content (AvgIpc) is 1.69. The molecular formula is C6H7S-. The molecule has 0 nitrogen and oxygen atoms in total. The molecular weight excluding hydrogens is 104 g/mol. The lowest BCUT2D eigenvalue weighted by Gasteiger charge is -2.16. The third-order valence-corrected chi connectivity index (χ3v) is 1.29. The van der Waals surface area contributed by atoms with Crippen molar-refractivity contribution in [3.8, 4) is 0 Å². The van der Waals surface area contributed by atoms with Crippen LogP contribution >= 0.6 is 0 Å². The Hall–Kier alpha value is -0.170. The van der Waals surface area contributed by atoms with E-state index in [9.17, 15) is 0 Å². The summed E-state index contributed by atoms with van der Waals surface area (Å²) < 4.78 is 0. The maximum Gasteiger partial charge on any atom is -0.0506 e. The van der Waals surface area contributed by atoms with Gasteiger partial charge in [-0.2, -0.15) is 0 Å². The van der Waals surface area contributed by atoms with Crippen molar-refractivity contribution in [3.05, 3.63) is 24.3 Å². The minimum Gasteiger partial charge on any atom is -0.785 e. The zero-order valence-corrected chi connectivity index (χ0v) is 4.82. The van der Waals surface area contributed by atoms with Crippen LogP contribution in [0.4, 0.5) is 0 Å². The third-order valence-electron chi connectivity index (χ3n) is 0.941. The van der Waals surface area contributed by atoms with Crippen molar-refractivity contribution in [2.45, 2.75) is 11.7 Å². The smallest absolute Gasteiger partial charge is 0.0506 e. The Kier molecular flexibility index (Phi) is 1.58. The number of hydrogen-bond acceptors (Lipinski definition) is 1. The van der Waals surface area contributed by atoms with Gasteiger partial charge >= 0.3 is 0 Å². The molecule has 0 fully saturated rings. The minimum atomic E-state index is 0.352. The standard InChI is InChI=1S/C6H8S/c7-6-4-2-1-3-5-6/h1-4,6-7H,5H2/p-1. The Morgan fingerprint density at radius 2 is 2.29 bits per heavy atom. The Balaban J connectivity index is 2.49. The van der Waals surface area contributed by atoms with Crippen molar-refractivity contribution >= 4 is 12.6 Å². The fourth-order valence-electron chi connectivity index (χ4n) is 0.558. The first-order chi connectivity index (χ1) is 3.39. The second-order valence-corrected chi connectivity index (χ2v) is 2.19. The molecule has 38 valence electrons. The van der Waals surface area contributed by atoms with Crippen LogP contribution in [0.3, 0.4) is 0 Å². The molecule has 1 unspecified atom stereocenters. The van der Waals surface area contributed by atoms with E-state index in [1.807, 2.05) is 18.2 Å². The van der Waals surface area contributed by atoms with Crippen LogP contribution in [0.5, 0.6) is 0 Å². The monoisotopic (exact) mass is 111 g/mol. The summed E-state index contributed by atoms with van der Waals surface area (Å²) in [4.78, 5) is 0. The van der Waals surface area contributed by atoms with Gasteiger partial charge in [-0.15, -0.1) is 11.3 Å². The highest BCUT2D eigenvalue weighted by atomic mass is 32.1.